The molecule has 2 nitrogen and oxygen atoms in total. The number of amides is 1. The van der Waals surface area contributed by atoms with Crippen molar-refractivity contribution in [1.29, 1.82) is 0 Å². The summed E-state index contributed by atoms with van der Waals surface area (Å²) >= 11 is 5.75. The molecule has 1 amide bonds. The van der Waals surface area contributed by atoms with E-state index in [4.69, 9.17) is 11.6 Å². The summed E-state index contributed by atoms with van der Waals surface area (Å²) in [6.07, 6.45) is 0. The van der Waals surface area contributed by atoms with Crippen LogP contribution in [0.3, 0.4) is 0 Å². The molecule has 0 fully saturated rings. The third-order valence-electron chi connectivity index (χ3n) is 2.14. The molecule has 0 atom stereocenters. The standard InChI is InChI=1S/C13H10ClNO.ClH/c14-11-6-8-12(9-7-11)15-13(16)10-4-2-1-3-5-10;/h1-9H,(H,15,16);1H. The molecular formula is C13H11Cl2NO. The Bertz CT molecular complexity index is 483. The number of carbonyl (C=O) groups excluding carboxylic acids is 1. The second-order valence-electron chi connectivity index (χ2n) is 3.33. The van der Waals surface area contributed by atoms with Crippen molar-refractivity contribution in [1.82, 2.24) is 0 Å². The fourth-order valence-corrected chi connectivity index (χ4v) is 1.45. The van der Waals surface area contributed by atoms with Crippen LogP contribution < -0.4 is 5.32 Å². The van der Waals surface area contributed by atoms with Gasteiger partial charge in [-0.15, -0.1) is 12.4 Å². The minimum atomic E-state index is -0.122. The molecule has 2 aromatic rings. The maximum Gasteiger partial charge on any atom is 0.255 e. The molecule has 88 valence electrons. The van der Waals surface area contributed by atoms with Crippen LogP contribution in [0.5, 0.6) is 0 Å². The van der Waals surface area contributed by atoms with Gasteiger partial charge >= 0.3 is 0 Å². The van der Waals surface area contributed by atoms with Gasteiger partial charge in [-0.25, -0.2) is 0 Å². The first kappa shape index (κ1) is 13.6. The average Bonchev–Trinajstić information content (AvgIpc) is 2.33. The molecule has 0 saturated heterocycles. The van der Waals surface area contributed by atoms with E-state index in [9.17, 15) is 4.79 Å². The van der Waals surface area contributed by atoms with Gasteiger partial charge in [-0.2, -0.15) is 0 Å². The summed E-state index contributed by atoms with van der Waals surface area (Å²) in [4.78, 5) is 11.8. The molecule has 0 saturated carbocycles. The smallest absolute Gasteiger partial charge is 0.255 e. The SMILES string of the molecule is Cl.O=C(Nc1ccc(Cl)cc1)c1ccccc1. The molecule has 4 heteroatoms. The highest BCUT2D eigenvalue weighted by Gasteiger charge is 2.04. The monoisotopic (exact) mass is 267 g/mol. The first-order valence-electron chi connectivity index (χ1n) is 4.88. The van der Waals surface area contributed by atoms with Gasteiger partial charge in [0.2, 0.25) is 0 Å². The topological polar surface area (TPSA) is 29.1 Å². The highest BCUT2D eigenvalue weighted by molar-refractivity contribution is 6.30. The van der Waals surface area contributed by atoms with Crippen LogP contribution in [0, 0.1) is 0 Å². The molecule has 0 radical (unpaired) electrons. The van der Waals surface area contributed by atoms with Crippen LogP contribution in [-0.4, -0.2) is 5.91 Å². The number of carbonyl (C=O) groups is 1. The van der Waals surface area contributed by atoms with Gasteiger partial charge in [-0.05, 0) is 36.4 Å². The van der Waals surface area contributed by atoms with Crippen molar-refractivity contribution in [3.05, 3.63) is 65.2 Å². The number of hydrogen-bond acceptors (Lipinski definition) is 1. The highest BCUT2D eigenvalue weighted by atomic mass is 35.5. The van der Waals surface area contributed by atoms with E-state index in [1.165, 1.54) is 0 Å². The quantitative estimate of drug-likeness (QED) is 0.875. The molecule has 1 N–H and O–H groups in total. The largest absolute Gasteiger partial charge is 0.322 e. The number of anilines is 1. The summed E-state index contributed by atoms with van der Waals surface area (Å²) in [5, 5.41) is 3.44. The van der Waals surface area contributed by atoms with Crippen molar-refractivity contribution in [3.8, 4) is 0 Å². The number of benzene rings is 2. The van der Waals surface area contributed by atoms with Crippen molar-refractivity contribution < 1.29 is 4.79 Å². The van der Waals surface area contributed by atoms with Gasteiger partial charge in [0.25, 0.3) is 5.91 Å². The Hall–Kier alpha value is -1.51. The molecule has 0 aromatic heterocycles. The van der Waals surface area contributed by atoms with E-state index in [0.717, 1.165) is 5.69 Å². The van der Waals surface area contributed by atoms with E-state index in [1.54, 1.807) is 36.4 Å². The number of hydrogen-bond donors (Lipinski definition) is 1. The highest BCUT2D eigenvalue weighted by Crippen LogP contribution is 2.14. The van der Waals surface area contributed by atoms with Crippen LogP contribution in [0.1, 0.15) is 10.4 Å². The fourth-order valence-electron chi connectivity index (χ4n) is 1.33. The van der Waals surface area contributed by atoms with Crippen molar-refractivity contribution in [2.75, 3.05) is 5.32 Å². The predicted octanol–water partition coefficient (Wildman–Crippen LogP) is 4.01. The summed E-state index contributed by atoms with van der Waals surface area (Å²) in [5.74, 6) is -0.122. The molecule has 2 aromatic carbocycles. The molecule has 0 bridgehead atoms. The lowest BCUT2D eigenvalue weighted by atomic mass is 10.2. The van der Waals surface area contributed by atoms with E-state index in [2.05, 4.69) is 5.32 Å². The Balaban J connectivity index is 0.00000144. The van der Waals surface area contributed by atoms with E-state index in [1.807, 2.05) is 18.2 Å². The zero-order valence-electron chi connectivity index (χ0n) is 8.89. The lowest BCUT2D eigenvalue weighted by molar-refractivity contribution is 0.102. The third-order valence-corrected chi connectivity index (χ3v) is 2.39. The number of halogens is 2. The molecule has 0 aliphatic rings. The second-order valence-corrected chi connectivity index (χ2v) is 3.76. The zero-order valence-corrected chi connectivity index (χ0v) is 10.5. The van der Waals surface area contributed by atoms with Gasteiger partial charge < -0.3 is 5.32 Å². The summed E-state index contributed by atoms with van der Waals surface area (Å²) in [7, 11) is 0. The van der Waals surface area contributed by atoms with Gasteiger partial charge in [0, 0.05) is 16.3 Å². The summed E-state index contributed by atoms with van der Waals surface area (Å²) in [5.41, 5.74) is 1.37. The minimum absolute atomic E-state index is 0. The van der Waals surface area contributed by atoms with Gasteiger partial charge in [-0.1, -0.05) is 29.8 Å². The average molecular weight is 268 g/mol. The van der Waals surface area contributed by atoms with Crippen molar-refractivity contribution in [3.63, 3.8) is 0 Å². The van der Waals surface area contributed by atoms with Crippen molar-refractivity contribution in [2.24, 2.45) is 0 Å². The molecule has 2 rings (SSSR count). The Morgan fingerprint density at radius 2 is 1.53 bits per heavy atom. The Labute approximate surface area is 111 Å². The Morgan fingerprint density at radius 3 is 2.12 bits per heavy atom. The maximum absolute atomic E-state index is 11.8. The summed E-state index contributed by atoms with van der Waals surface area (Å²) in [6, 6.07) is 16.1. The molecule has 17 heavy (non-hydrogen) atoms. The normalized spacial score (nSPS) is 9.24. The fraction of sp³-hybridized carbons (Fsp3) is 0. The Kier molecular flexibility index (Phi) is 5.01. The van der Waals surface area contributed by atoms with Crippen LogP contribution in [0.25, 0.3) is 0 Å². The van der Waals surface area contributed by atoms with E-state index >= 15 is 0 Å². The molecule has 0 spiro atoms. The van der Waals surface area contributed by atoms with Gasteiger partial charge in [0.15, 0.2) is 0 Å². The van der Waals surface area contributed by atoms with Crippen LogP contribution >= 0.6 is 24.0 Å². The summed E-state index contributed by atoms with van der Waals surface area (Å²) < 4.78 is 0. The lowest BCUT2D eigenvalue weighted by Crippen LogP contribution is -2.11. The van der Waals surface area contributed by atoms with Crippen LogP contribution in [0.2, 0.25) is 5.02 Å². The summed E-state index contributed by atoms with van der Waals surface area (Å²) in [6.45, 7) is 0. The van der Waals surface area contributed by atoms with Gasteiger partial charge in [0.1, 0.15) is 0 Å². The van der Waals surface area contributed by atoms with E-state index < -0.39 is 0 Å². The molecular weight excluding hydrogens is 257 g/mol. The molecule has 0 aliphatic carbocycles. The molecule has 0 heterocycles. The molecule has 0 aliphatic heterocycles. The molecule has 0 unspecified atom stereocenters. The third kappa shape index (κ3) is 3.77. The first-order valence-corrected chi connectivity index (χ1v) is 5.25. The van der Waals surface area contributed by atoms with E-state index in [-0.39, 0.29) is 18.3 Å². The maximum atomic E-state index is 11.8. The Morgan fingerprint density at radius 1 is 0.941 bits per heavy atom. The van der Waals surface area contributed by atoms with Gasteiger partial charge in [0.05, 0.1) is 0 Å². The van der Waals surface area contributed by atoms with Gasteiger partial charge in [-0.3, -0.25) is 4.79 Å². The van der Waals surface area contributed by atoms with Crippen LogP contribution in [-0.2, 0) is 0 Å². The number of rotatable bonds is 2. The van der Waals surface area contributed by atoms with Crippen molar-refractivity contribution in [2.45, 2.75) is 0 Å². The van der Waals surface area contributed by atoms with Crippen LogP contribution in [0.15, 0.2) is 54.6 Å². The predicted molar refractivity (Wildman–Crippen MR) is 73.1 cm³/mol. The number of nitrogens with one attached hydrogen (secondary N) is 1. The first-order chi connectivity index (χ1) is 7.75. The lowest BCUT2D eigenvalue weighted by Gasteiger charge is -2.04. The zero-order chi connectivity index (χ0) is 11.4. The second kappa shape index (κ2) is 6.28. The van der Waals surface area contributed by atoms with E-state index in [0.29, 0.717) is 10.6 Å². The van der Waals surface area contributed by atoms with Crippen LogP contribution in [0.4, 0.5) is 5.69 Å². The van der Waals surface area contributed by atoms with Crippen molar-refractivity contribution >= 4 is 35.6 Å². The minimum Gasteiger partial charge on any atom is -0.322 e.